The van der Waals surface area contributed by atoms with Gasteiger partial charge in [0.2, 0.25) is 0 Å². The van der Waals surface area contributed by atoms with E-state index < -0.39 is 6.10 Å². The molecule has 0 fully saturated rings. The van der Waals surface area contributed by atoms with Crippen molar-refractivity contribution < 1.29 is 14.2 Å². The summed E-state index contributed by atoms with van der Waals surface area (Å²) in [6.07, 6.45) is -0.515. The molecule has 2 atom stereocenters. The Labute approximate surface area is 132 Å². The van der Waals surface area contributed by atoms with E-state index in [9.17, 15) is 9.50 Å². The maximum absolute atomic E-state index is 11.9. The Balaban J connectivity index is 0.000000287. The van der Waals surface area contributed by atoms with E-state index in [1.54, 1.807) is 18.2 Å². The highest BCUT2D eigenvalue weighted by molar-refractivity contribution is 5.13. The number of rotatable bonds is 5. The zero-order chi connectivity index (χ0) is 16.4. The maximum Gasteiger partial charge on any atom is 0.123 e. The second kappa shape index (κ2) is 10.1. The summed E-state index contributed by atoms with van der Waals surface area (Å²) < 4.78 is 17.5. The van der Waals surface area contributed by atoms with Crippen LogP contribution in [0.2, 0.25) is 0 Å². The molecule has 2 aromatic rings. The van der Waals surface area contributed by atoms with E-state index in [2.05, 4.69) is 0 Å². The molecule has 0 aliphatic heterocycles. The molecule has 3 heteroatoms. The van der Waals surface area contributed by atoms with E-state index >= 15 is 0 Å². The van der Waals surface area contributed by atoms with Crippen molar-refractivity contribution in [1.29, 1.82) is 0 Å². The number of ether oxygens (including phenoxy) is 1. The SMILES string of the molecule is CC(C)C(O)C(C)OCc1ccccc1.Fc1ccccc1. The monoisotopic (exact) mass is 304 g/mol. The highest BCUT2D eigenvalue weighted by atomic mass is 19.1. The molecular formula is C19H25FO2. The summed E-state index contributed by atoms with van der Waals surface area (Å²) in [6.45, 7) is 6.46. The lowest BCUT2D eigenvalue weighted by Crippen LogP contribution is -2.30. The zero-order valence-corrected chi connectivity index (χ0v) is 13.4. The van der Waals surface area contributed by atoms with Crippen LogP contribution in [0.15, 0.2) is 60.7 Å². The number of hydrogen-bond donors (Lipinski definition) is 1. The van der Waals surface area contributed by atoms with Crippen molar-refractivity contribution in [3.8, 4) is 0 Å². The van der Waals surface area contributed by atoms with E-state index in [1.165, 1.54) is 12.1 Å². The molecule has 22 heavy (non-hydrogen) atoms. The van der Waals surface area contributed by atoms with Crippen LogP contribution >= 0.6 is 0 Å². The van der Waals surface area contributed by atoms with Crippen LogP contribution in [0.25, 0.3) is 0 Å². The molecule has 0 radical (unpaired) electrons. The van der Waals surface area contributed by atoms with Crippen LogP contribution in [0.1, 0.15) is 26.3 Å². The molecule has 0 amide bonds. The molecule has 1 N–H and O–H groups in total. The van der Waals surface area contributed by atoms with Crippen LogP contribution in [0.5, 0.6) is 0 Å². The lowest BCUT2D eigenvalue weighted by Gasteiger charge is -2.22. The molecule has 120 valence electrons. The van der Waals surface area contributed by atoms with E-state index in [4.69, 9.17) is 4.74 Å². The van der Waals surface area contributed by atoms with Crippen LogP contribution in [-0.4, -0.2) is 17.3 Å². The van der Waals surface area contributed by atoms with Crippen molar-refractivity contribution in [2.45, 2.75) is 39.6 Å². The highest BCUT2D eigenvalue weighted by Gasteiger charge is 2.17. The third-order valence-corrected chi connectivity index (χ3v) is 3.25. The average molecular weight is 304 g/mol. The first-order chi connectivity index (χ1) is 10.5. The quantitative estimate of drug-likeness (QED) is 0.885. The minimum Gasteiger partial charge on any atom is -0.390 e. The summed E-state index contributed by atoms with van der Waals surface area (Å²) in [5.74, 6) is 0.0540. The van der Waals surface area contributed by atoms with Crippen molar-refractivity contribution in [2.24, 2.45) is 5.92 Å². The fraction of sp³-hybridized carbons (Fsp3) is 0.368. The van der Waals surface area contributed by atoms with E-state index in [0.717, 1.165) is 5.56 Å². The lowest BCUT2D eigenvalue weighted by atomic mass is 10.0. The van der Waals surface area contributed by atoms with Gasteiger partial charge in [0.1, 0.15) is 5.82 Å². The molecule has 0 saturated carbocycles. The Morgan fingerprint density at radius 1 is 0.909 bits per heavy atom. The van der Waals surface area contributed by atoms with Gasteiger partial charge in [-0.3, -0.25) is 0 Å². The molecule has 2 rings (SSSR count). The topological polar surface area (TPSA) is 29.5 Å². The van der Waals surface area contributed by atoms with Crippen molar-refractivity contribution >= 4 is 0 Å². The molecule has 0 bridgehead atoms. The molecular weight excluding hydrogens is 279 g/mol. The molecule has 0 saturated heterocycles. The van der Waals surface area contributed by atoms with Gasteiger partial charge in [0.15, 0.2) is 0 Å². The first kappa shape index (κ1) is 18.3. The van der Waals surface area contributed by atoms with Crippen LogP contribution < -0.4 is 0 Å². The number of aliphatic hydroxyl groups is 1. The summed E-state index contributed by atoms with van der Waals surface area (Å²) >= 11 is 0. The Morgan fingerprint density at radius 2 is 1.41 bits per heavy atom. The molecule has 0 aliphatic rings. The van der Waals surface area contributed by atoms with Crippen molar-refractivity contribution in [3.05, 3.63) is 72.0 Å². The first-order valence-corrected chi connectivity index (χ1v) is 7.55. The first-order valence-electron chi connectivity index (χ1n) is 7.55. The van der Waals surface area contributed by atoms with Crippen molar-refractivity contribution in [2.75, 3.05) is 0 Å². The highest BCUT2D eigenvalue weighted by Crippen LogP contribution is 2.11. The molecule has 0 spiro atoms. The Bertz CT molecular complexity index is 499. The summed E-state index contributed by atoms with van der Waals surface area (Å²) in [5, 5.41) is 9.75. The normalized spacial score (nSPS) is 13.2. The van der Waals surface area contributed by atoms with Gasteiger partial charge in [0, 0.05) is 0 Å². The second-order valence-electron chi connectivity index (χ2n) is 5.53. The van der Waals surface area contributed by atoms with Crippen molar-refractivity contribution in [3.63, 3.8) is 0 Å². The van der Waals surface area contributed by atoms with Gasteiger partial charge >= 0.3 is 0 Å². The summed E-state index contributed by atoms with van der Waals surface area (Å²) in [4.78, 5) is 0. The molecule has 2 nitrogen and oxygen atoms in total. The molecule has 0 aromatic heterocycles. The largest absolute Gasteiger partial charge is 0.390 e. The van der Waals surface area contributed by atoms with Crippen LogP contribution in [0, 0.1) is 11.7 Å². The number of hydrogen-bond acceptors (Lipinski definition) is 2. The van der Waals surface area contributed by atoms with Gasteiger partial charge in [-0.1, -0.05) is 62.4 Å². The third kappa shape index (κ3) is 7.34. The second-order valence-corrected chi connectivity index (χ2v) is 5.53. The Hall–Kier alpha value is -1.71. The van der Waals surface area contributed by atoms with Crippen LogP contribution in [0.4, 0.5) is 4.39 Å². The predicted molar refractivity (Wildman–Crippen MR) is 87.9 cm³/mol. The Kier molecular flexibility index (Phi) is 8.41. The zero-order valence-electron chi connectivity index (χ0n) is 13.4. The van der Waals surface area contributed by atoms with Gasteiger partial charge < -0.3 is 9.84 Å². The Morgan fingerprint density at radius 3 is 1.82 bits per heavy atom. The fourth-order valence-electron chi connectivity index (χ4n) is 1.86. The van der Waals surface area contributed by atoms with E-state index in [-0.39, 0.29) is 17.8 Å². The lowest BCUT2D eigenvalue weighted by molar-refractivity contribution is -0.0533. The van der Waals surface area contributed by atoms with Crippen LogP contribution in [-0.2, 0) is 11.3 Å². The number of aliphatic hydroxyl groups excluding tert-OH is 1. The summed E-state index contributed by atoms with van der Waals surface area (Å²) in [7, 11) is 0. The smallest absolute Gasteiger partial charge is 0.123 e. The van der Waals surface area contributed by atoms with Gasteiger partial charge in [0.25, 0.3) is 0 Å². The van der Waals surface area contributed by atoms with Gasteiger partial charge in [0.05, 0.1) is 18.8 Å². The van der Waals surface area contributed by atoms with Gasteiger partial charge in [-0.05, 0) is 30.5 Å². The molecule has 2 unspecified atom stereocenters. The van der Waals surface area contributed by atoms with Gasteiger partial charge in [-0.25, -0.2) is 4.39 Å². The number of benzene rings is 2. The average Bonchev–Trinajstić information content (AvgIpc) is 2.54. The number of halogens is 1. The maximum atomic E-state index is 11.9. The molecule has 0 heterocycles. The molecule has 2 aromatic carbocycles. The van der Waals surface area contributed by atoms with E-state index in [1.807, 2.05) is 51.1 Å². The van der Waals surface area contributed by atoms with Gasteiger partial charge in [-0.2, -0.15) is 0 Å². The standard InChI is InChI=1S/C13H20O2.C6H5F/c1-10(2)13(14)11(3)15-9-12-7-5-4-6-8-12;7-6-4-2-1-3-5-6/h4-8,10-11,13-14H,9H2,1-3H3;1-5H. The van der Waals surface area contributed by atoms with Crippen molar-refractivity contribution in [1.82, 2.24) is 0 Å². The third-order valence-electron chi connectivity index (χ3n) is 3.25. The minimum atomic E-state index is -0.395. The van der Waals surface area contributed by atoms with E-state index in [0.29, 0.717) is 6.61 Å². The molecule has 0 aliphatic carbocycles. The van der Waals surface area contributed by atoms with Gasteiger partial charge in [-0.15, -0.1) is 0 Å². The minimum absolute atomic E-state index is 0.120. The fourth-order valence-corrected chi connectivity index (χ4v) is 1.86. The summed E-state index contributed by atoms with van der Waals surface area (Å²) in [5.41, 5.74) is 1.14. The van der Waals surface area contributed by atoms with Crippen LogP contribution in [0.3, 0.4) is 0 Å². The summed E-state index contributed by atoms with van der Waals surface area (Å²) in [6, 6.07) is 17.9. The predicted octanol–water partition coefficient (Wildman–Crippen LogP) is 4.43.